The molecule has 3 atom stereocenters. The first kappa shape index (κ1) is 18.2. The highest BCUT2D eigenvalue weighted by Crippen LogP contribution is 2.24. The van der Waals surface area contributed by atoms with Gasteiger partial charge in [-0.25, -0.2) is 0 Å². The topological polar surface area (TPSA) is 72.9 Å². The second kappa shape index (κ2) is 8.40. The molecule has 1 aromatic heterocycles. The molecule has 1 amide bonds. The molecule has 0 spiro atoms. The third-order valence-corrected chi connectivity index (χ3v) is 3.25. The molecular weight excluding hydrogens is 287 g/mol. The molecule has 1 aliphatic carbocycles. The summed E-state index contributed by atoms with van der Waals surface area (Å²) >= 11 is 0. The lowest BCUT2D eigenvalue weighted by Crippen LogP contribution is -2.39. The summed E-state index contributed by atoms with van der Waals surface area (Å²) in [4.78, 5) is 11.9. The van der Waals surface area contributed by atoms with Crippen molar-refractivity contribution < 1.29 is 4.79 Å². The number of rotatable bonds is 4. The van der Waals surface area contributed by atoms with Crippen LogP contribution in [0.3, 0.4) is 0 Å². The number of hydrogen-bond donors (Lipinski definition) is 2. The molecule has 1 fully saturated rings. The van der Waals surface area contributed by atoms with E-state index in [0.29, 0.717) is 6.54 Å². The van der Waals surface area contributed by atoms with E-state index in [9.17, 15) is 4.79 Å². The fraction of sp³-hybridized carbons (Fsp3) is 0.667. The van der Waals surface area contributed by atoms with Gasteiger partial charge in [0.1, 0.15) is 0 Å². The Bertz CT molecular complexity index is 372. The van der Waals surface area contributed by atoms with Gasteiger partial charge >= 0.3 is 0 Å². The Labute approximate surface area is 126 Å². The van der Waals surface area contributed by atoms with E-state index in [1.54, 1.807) is 6.20 Å². The van der Waals surface area contributed by atoms with Crippen LogP contribution in [0.15, 0.2) is 18.5 Å². The van der Waals surface area contributed by atoms with Gasteiger partial charge < -0.3 is 11.1 Å². The predicted octanol–water partition coefficient (Wildman–Crippen LogP) is 1.36. The highest BCUT2D eigenvalue weighted by atomic mass is 35.5. The summed E-state index contributed by atoms with van der Waals surface area (Å²) in [5, 5.41) is 7.14. The number of hydrogen-bond acceptors (Lipinski definition) is 3. The number of aromatic nitrogens is 2. The first-order valence-electron chi connectivity index (χ1n) is 6.18. The van der Waals surface area contributed by atoms with E-state index in [0.717, 1.165) is 19.3 Å². The van der Waals surface area contributed by atoms with Crippen LogP contribution in [0.1, 0.15) is 26.2 Å². The van der Waals surface area contributed by atoms with Gasteiger partial charge in [-0.2, -0.15) is 5.10 Å². The molecular formula is C12H22Cl2N4O. The van der Waals surface area contributed by atoms with Crippen molar-refractivity contribution in [2.75, 3.05) is 0 Å². The number of carbonyl (C=O) groups is 1. The largest absolute Gasteiger partial charge is 0.352 e. The van der Waals surface area contributed by atoms with E-state index in [1.165, 1.54) is 0 Å². The van der Waals surface area contributed by atoms with Gasteiger partial charge in [0.05, 0.1) is 6.54 Å². The standard InChI is InChI=1S/C12H20N4O.2ClH/c1-9(8-16-6-2-5-14-16)15-12(17)10-3-4-11(13)7-10;;/h2,5-6,9-11H,3-4,7-8,13H2,1H3,(H,15,17);2*1H. The minimum Gasteiger partial charge on any atom is -0.352 e. The van der Waals surface area contributed by atoms with Crippen molar-refractivity contribution in [3.05, 3.63) is 18.5 Å². The summed E-state index contributed by atoms with van der Waals surface area (Å²) in [6, 6.07) is 2.18. The Morgan fingerprint density at radius 2 is 2.26 bits per heavy atom. The first-order valence-corrected chi connectivity index (χ1v) is 6.18. The molecule has 0 bridgehead atoms. The Balaban J connectivity index is 0.00000162. The fourth-order valence-corrected chi connectivity index (χ4v) is 2.35. The number of halogens is 2. The van der Waals surface area contributed by atoms with E-state index < -0.39 is 0 Å². The van der Waals surface area contributed by atoms with Crippen molar-refractivity contribution in [2.45, 2.75) is 44.8 Å². The summed E-state index contributed by atoms with van der Waals surface area (Å²) < 4.78 is 1.82. The summed E-state index contributed by atoms with van der Waals surface area (Å²) in [6.45, 7) is 2.70. The number of amides is 1. The summed E-state index contributed by atoms with van der Waals surface area (Å²) in [6.07, 6.45) is 6.34. The van der Waals surface area contributed by atoms with Gasteiger partial charge in [-0.1, -0.05) is 0 Å². The molecule has 3 unspecified atom stereocenters. The Hall–Kier alpha value is -0.780. The number of nitrogens with two attached hydrogens (primary N) is 1. The first-order chi connectivity index (χ1) is 8.15. The molecule has 0 aliphatic heterocycles. The zero-order chi connectivity index (χ0) is 12.3. The second-order valence-corrected chi connectivity index (χ2v) is 4.91. The quantitative estimate of drug-likeness (QED) is 0.882. The maximum atomic E-state index is 11.9. The zero-order valence-corrected chi connectivity index (χ0v) is 12.6. The maximum absolute atomic E-state index is 11.9. The van der Waals surface area contributed by atoms with Crippen LogP contribution in [0.4, 0.5) is 0 Å². The van der Waals surface area contributed by atoms with Gasteiger partial charge in [-0.3, -0.25) is 9.48 Å². The molecule has 110 valence electrons. The monoisotopic (exact) mass is 308 g/mol. The van der Waals surface area contributed by atoms with Gasteiger partial charge in [-0.15, -0.1) is 24.8 Å². The van der Waals surface area contributed by atoms with Crippen molar-refractivity contribution in [3.8, 4) is 0 Å². The third kappa shape index (κ3) is 5.38. The molecule has 2 rings (SSSR count). The Morgan fingerprint density at radius 1 is 1.53 bits per heavy atom. The molecule has 0 saturated heterocycles. The summed E-state index contributed by atoms with van der Waals surface area (Å²) in [5.41, 5.74) is 5.81. The van der Waals surface area contributed by atoms with E-state index >= 15 is 0 Å². The van der Waals surface area contributed by atoms with Gasteiger partial charge in [0, 0.05) is 30.4 Å². The predicted molar refractivity (Wildman–Crippen MR) is 79.6 cm³/mol. The van der Waals surface area contributed by atoms with Crippen molar-refractivity contribution >= 4 is 30.7 Å². The zero-order valence-electron chi connectivity index (χ0n) is 11.0. The molecule has 5 nitrogen and oxygen atoms in total. The molecule has 1 saturated carbocycles. The van der Waals surface area contributed by atoms with Crippen LogP contribution in [-0.4, -0.2) is 27.8 Å². The van der Waals surface area contributed by atoms with Crippen LogP contribution in [-0.2, 0) is 11.3 Å². The van der Waals surface area contributed by atoms with Gasteiger partial charge in [0.15, 0.2) is 0 Å². The average Bonchev–Trinajstić information content (AvgIpc) is 2.89. The van der Waals surface area contributed by atoms with E-state index in [-0.39, 0.29) is 48.7 Å². The van der Waals surface area contributed by atoms with Crippen molar-refractivity contribution in [3.63, 3.8) is 0 Å². The smallest absolute Gasteiger partial charge is 0.223 e. The minimum absolute atomic E-state index is 0. The molecule has 1 aliphatic rings. The highest BCUT2D eigenvalue weighted by Gasteiger charge is 2.28. The molecule has 0 radical (unpaired) electrons. The molecule has 3 N–H and O–H groups in total. The Kier molecular flexibility index (Phi) is 8.06. The lowest BCUT2D eigenvalue weighted by Gasteiger charge is -2.17. The lowest BCUT2D eigenvalue weighted by atomic mass is 10.1. The van der Waals surface area contributed by atoms with Crippen molar-refractivity contribution in [2.24, 2.45) is 11.7 Å². The van der Waals surface area contributed by atoms with Crippen LogP contribution in [0.2, 0.25) is 0 Å². The van der Waals surface area contributed by atoms with Crippen LogP contribution in [0.5, 0.6) is 0 Å². The highest BCUT2D eigenvalue weighted by molar-refractivity contribution is 5.85. The number of carbonyl (C=O) groups excluding carboxylic acids is 1. The molecule has 19 heavy (non-hydrogen) atoms. The van der Waals surface area contributed by atoms with Crippen LogP contribution in [0.25, 0.3) is 0 Å². The van der Waals surface area contributed by atoms with E-state index in [1.807, 2.05) is 23.9 Å². The molecule has 1 heterocycles. The van der Waals surface area contributed by atoms with Gasteiger partial charge in [0.2, 0.25) is 5.91 Å². The second-order valence-electron chi connectivity index (χ2n) is 4.91. The number of nitrogens with one attached hydrogen (secondary N) is 1. The minimum atomic E-state index is 0. The SMILES string of the molecule is CC(Cn1cccn1)NC(=O)C1CCC(N)C1.Cl.Cl. The average molecular weight is 309 g/mol. The van der Waals surface area contributed by atoms with E-state index in [2.05, 4.69) is 10.4 Å². The lowest BCUT2D eigenvalue weighted by molar-refractivity contribution is -0.125. The van der Waals surface area contributed by atoms with Gasteiger partial charge in [0.25, 0.3) is 0 Å². The normalized spacial score (nSPS) is 23.1. The van der Waals surface area contributed by atoms with Crippen LogP contribution < -0.4 is 11.1 Å². The van der Waals surface area contributed by atoms with Crippen LogP contribution >= 0.6 is 24.8 Å². The molecule has 0 aromatic carbocycles. The third-order valence-electron chi connectivity index (χ3n) is 3.25. The van der Waals surface area contributed by atoms with E-state index in [4.69, 9.17) is 5.73 Å². The van der Waals surface area contributed by atoms with Crippen molar-refractivity contribution in [1.82, 2.24) is 15.1 Å². The van der Waals surface area contributed by atoms with Crippen LogP contribution in [0, 0.1) is 5.92 Å². The summed E-state index contributed by atoms with van der Waals surface area (Å²) in [5.74, 6) is 0.239. The molecule has 7 heteroatoms. The Morgan fingerprint density at radius 3 is 2.79 bits per heavy atom. The fourth-order valence-electron chi connectivity index (χ4n) is 2.35. The van der Waals surface area contributed by atoms with Gasteiger partial charge in [-0.05, 0) is 32.3 Å². The maximum Gasteiger partial charge on any atom is 0.223 e. The molecule has 1 aromatic rings. The number of nitrogens with zero attached hydrogens (tertiary/aromatic N) is 2. The summed E-state index contributed by atoms with van der Waals surface area (Å²) in [7, 11) is 0. The van der Waals surface area contributed by atoms with Crippen molar-refractivity contribution in [1.29, 1.82) is 0 Å².